The van der Waals surface area contributed by atoms with Crippen LogP contribution in [0.5, 0.6) is 0 Å². The zero-order chi connectivity index (χ0) is 10.6. The van der Waals surface area contributed by atoms with Gasteiger partial charge in [-0.1, -0.05) is 0 Å². The quantitative estimate of drug-likeness (QED) is 0.800. The lowest BCUT2D eigenvalue weighted by Crippen LogP contribution is -2.28. The molecule has 14 heavy (non-hydrogen) atoms. The van der Waals surface area contributed by atoms with Gasteiger partial charge in [0.25, 0.3) is 5.91 Å². The van der Waals surface area contributed by atoms with Crippen molar-refractivity contribution in [3.63, 3.8) is 0 Å². The van der Waals surface area contributed by atoms with E-state index in [1.807, 2.05) is 0 Å². The second kappa shape index (κ2) is 4.71. The van der Waals surface area contributed by atoms with Gasteiger partial charge in [0.05, 0.1) is 18.1 Å². The standard InChI is InChI=1S/C8H10N2O3S/c1-10(3-2-7(11)12)8(13)6-4-9-5-14-6/h4-5H,2-3H2,1H3,(H,11,12). The van der Waals surface area contributed by atoms with Gasteiger partial charge in [0, 0.05) is 13.6 Å². The second-order valence-electron chi connectivity index (χ2n) is 2.74. The molecule has 0 aliphatic rings. The zero-order valence-electron chi connectivity index (χ0n) is 7.64. The minimum atomic E-state index is -0.908. The van der Waals surface area contributed by atoms with Gasteiger partial charge in [0.1, 0.15) is 4.88 Å². The van der Waals surface area contributed by atoms with Crippen LogP contribution in [0.4, 0.5) is 0 Å². The predicted molar refractivity (Wildman–Crippen MR) is 51.3 cm³/mol. The molecule has 0 aliphatic heterocycles. The number of hydrogen-bond acceptors (Lipinski definition) is 4. The fraction of sp³-hybridized carbons (Fsp3) is 0.375. The number of carboxylic acid groups (broad SMARTS) is 1. The van der Waals surface area contributed by atoms with Gasteiger partial charge in [-0.2, -0.15) is 0 Å². The molecule has 1 aromatic rings. The highest BCUT2D eigenvalue weighted by Crippen LogP contribution is 2.08. The monoisotopic (exact) mass is 214 g/mol. The Labute approximate surface area is 85.0 Å². The second-order valence-corrected chi connectivity index (χ2v) is 3.62. The smallest absolute Gasteiger partial charge is 0.305 e. The molecule has 76 valence electrons. The molecule has 0 fully saturated rings. The van der Waals surface area contributed by atoms with Crippen LogP contribution in [0.25, 0.3) is 0 Å². The predicted octanol–water partition coefficient (Wildman–Crippen LogP) is 0.690. The van der Waals surface area contributed by atoms with Crippen molar-refractivity contribution in [2.75, 3.05) is 13.6 Å². The van der Waals surface area contributed by atoms with Gasteiger partial charge >= 0.3 is 5.97 Å². The van der Waals surface area contributed by atoms with Gasteiger partial charge in [0.2, 0.25) is 0 Å². The number of aromatic nitrogens is 1. The Morgan fingerprint density at radius 3 is 2.86 bits per heavy atom. The zero-order valence-corrected chi connectivity index (χ0v) is 8.45. The van der Waals surface area contributed by atoms with Crippen LogP contribution >= 0.6 is 11.3 Å². The van der Waals surface area contributed by atoms with Gasteiger partial charge in [-0.05, 0) is 0 Å². The summed E-state index contributed by atoms with van der Waals surface area (Å²) in [6, 6.07) is 0. The number of carbonyl (C=O) groups is 2. The SMILES string of the molecule is CN(CCC(=O)O)C(=O)c1cncs1. The fourth-order valence-corrected chi connectivity index (χ4v) is 1.49. The maximum atomic E-state index is 11.5. The largest absolute Gasteiger partial charge is 0.481 e. The van der Waals surface area contributed by atoms with Crippen LogP contribution in [-0.2, 0) is 4.79 Å². The van der Waals surface area contributed by atoms with Crippen LogP contribution in [0.2, 0.25) is 0 Å². The highest BCUT2D eigenvalue weighted by atomic mass is 32.1. The Balaban J connectivity index is 2.49. The molecule has 0 unspecified atom stereocenters. The van der Waals surface area contributed by atoms with E-state index >= 15 is 0 Å². The van der Waals surface area contributed by atoms with Crippen molar-refractivity contribution in [2.24, 2.45) is 0 Å². The number of thiazole rings is 1. The summed E-state index contributed by atoms with van der Waals surface area (Å²) in [6.07, 6.45) is 1.44. The van der Waals surface area contributed by atoms with Crippen LogP contribution in [0, 0.1) is 0 Å². The number of carbonyl (C=O) groups excluding carboxylic acids is 1. The average Bonchev–Trinajstić information content (AvgIpc) is 2.65. The first-order valence-corrected chi connectivity index (χ1v) is 4.85. The van der Waals surface area contributed by atoms with Crippen LogP contribution in [-0.4, -0.2) is 40.5 Å². The maximum Gasteiger partial charge on any atom is 0.305 e. The Morgan fingerprint density at radius 1 is 1.64 bits per heavy atom. The summed E-state index contributed by atoms with van der Waals surface area (Å²) in [7, 11) is 1.57. The van der Waals surface area contributed by atoms with E-state index in [0.717, 1.165) is 0 Å². The Bertz CT molecular complexity index is 323. The first kappa shape index (κ1) is 10.6. The van der Waals surface area contributed by atoms with Crippen molar-refractivity contribution in [3.05, 3.63) is 16.6 Å². The van der Waals surface area contributed by atoms with Gasteiger partial charge in [-0.25, -0.2) is 0 Å². The molecular formula is C8H10N2O3S. The number of aliphatic carboxylic acids is 1. The third kappa shape index (κ3) is 2.81. The molecule has 0 spiro atoms. The topological polar surface area (TPSA) is 70.5 Å². The number of hydrogen-bond donors (Lipinski definition) is 1. The summed E-state index contributed by atoms with van der Waals surface area (Å²) >= 11 is 1.24. The first-order valence-electron chi connectivity index (χ1n) is 3.97. The first-order chi connectivity index (χ1) is 6.61. The van der Waals surface area contributed by atoms with Gasteiger partial charge in [-0.3, -0.25) is 14.6 Å². The Hall–Kier alpha value is -1.43. The van der Waals surface area contributed by atoms with Crippen molar-refractivity contribution in [2.45, 2.75) is 6.42 Å². The van der Waals surface area contributed by atoms with Crippen molar-refractivity contribution in [1.29, 1.82) is 0 Å². The minimum absolute atomic E-state index is 0.0406. The van der Waals surface area contributed by atoms with Gasteiger partial charge in [0.15, 0.2) is 0 Å². The van der Waals surface area contributed by atoms with Crippen LogP contribution in [0.15, 0.2) is 11.7 Å². The molecule has 5 nitrogen and oxygen atoms in total. The van der Waals surface area contributed by atoms with Crippen LogP contribution in [0.1, 0.15) is 16.1 Å². The number of nitrogens with zero attached hydrogens (tertiary/aromatic N) is 2. The lowest BCUT2D eigenvalue weighted by molar-refractivity contribution is -0.137. The van der Waals surface area contributed by atoms with Gasteiger partial charge in [-0.15, -0.1) is 11.3 Å². The van der Waals surface area contributed by atoms with E-state index in [-0.39, 0.29) is 18.9 Å². The van der Waals surface area contributed by atoms with Crippen LogP contribution < -0.4 is 0 Å². The molecule has 1 rings (SSSR count). The summed E-state index contributed by atoms with van der Waals surface area (Å²) in [4.78, 5) is 27.5. The lowest BCUT2D eigenvalue weighted by atomic mass is 10.4. The van der Waals surface area contributed by atoms with E-state index in [1.165, 1.54) is 22.4 Å². The molecular weight excluding hydrogens is 204 g/mol. The van der Waals surface area contributed by atoms with E-state index < -0.39 is 5.97 Å². The normalized spacial score (nSPS) is 9.79. The van der Waals surface area contributed by atoms with E-state index in [0.29, 0.717) is 4.88 Å². The highest BCUT2D eigenvalue weighted by Gasteiger charge is 2.13. The van der Waals surface area contributed by atoms with Crippen molar-refractivity contribution >= 4 is 23.2 Å². The molecule has 0 radical (unpaired) electrons. The molecule has 1 aromatic heterocycles. The van der Waals surface area contributed by atoms with E-state index in [9.17, 15) is 9.59 Å². The third-order valence-corrected chi connectivity index (χ3v) is 2.41. The molecule has 1 heterocycles. The number of rotatable bonds is 4. The molecule has 0 aliphatic carbocycles. The summed E-state index contributed by atoms with van der Waals surface area (Å²) in [5, 5.41) is 8.43. The van der Waals surface area contributed by atoms with Gasteiger partial charge < -0.3 is 10.0 Å². The van der Waals surface area contributed by atoms with Crippen molar-refractivity contribution in [3.8, 4) is 0 Å². The molecule has 0 atom stereocenters. The highest BCUT2D eigenvalue weighted by molar-refractivity contribution is 7.11. The van der Waals surface area contributed by atoms with Crippen LogP contribution in [0.3, 0.4) is 0 Å². The molecule has 0 saturated heterocycles. The summed E-state index contributed by atoms with van der Waals surface area (Å²) < 4.78 is 0. The number of carboxylic acids is 1. The number of amides is 1. The van der Waals surface area contributed by atoms with E-state index in [1.54, 1.807) is 12.6 Å². The molecule has 0 bridgehead atoms. The maximum absolute atomic E-state index is 11.5. The van der Waals surface area contributed by atoms with Crippen molar-refractivity contribution < 1.29 is 14.7 Å². The molecule has 1 N–H and O–H groups in total. The Morgan fingerprint density at radius 2 is 2.36 bits per heavy atom. The Kier molecular flexibility index (Phi) is 3.58. The van der Waals surface area contributed by atoms with Crippen molar-refractivity contribution in [1.82, 2.24) is 9.88 Å². The van der Waals surface area contributed by atoms with E-state index in [4.69, 9.17) is 5.11 Å². The third-order valence-electron chi connectivity index (χ3n) is 1.65. The molecule has 6 heteroatoms. The summed E-state index contributed by atoms with van der Waals surface area (Å²) in [5.74, 6) is -1.09. The minimum Gasteiger partial charge on any atom is -0.481 e. The summed E-state index contributed by atoms with van der Waals surface area (Å²) in [6.45, 7) is 0.214. The lowest BCUT2D eigenvalue weighted by Gasteiger charge is -2.14. The fourth-order valence-electron chi connectivity index (χ4n) is 0.874. The summed E-state index contributed by atoms with van der Waals surface area (Å²) in [5.41, 5.74) is 1.57. The molecule has 0 aromatic carbocycles. The molecule has 1 amide bonds. The molecule has 0 saturated carbocycles. The van der Waals surface area contributed by atoms with E-state index in [2.05, 4.69) is 4.98 Å². The average molecular weight is 214 g/mol.